The van der Waals surface area contributed by atoms with Crippen LogP contribution in [0, 0.1) is 0 Å². The topological polar surface area (TPSA) is 93.8 Å². The van der Waals surface area contributed by atoms with Crippen molar-refractivity contribution in [2.75, 3.05) is 0 Å². The summed E-state index contributed by atoms with van der Waals surface area (Å²) >= 11 is 0. The lowest BCUT2D eigenvalue weighted by molar-refractivity contribution is -0.286. The summed E-state index contributed by atoms with van der Waals surface area (Å²) in [5.41, 5.74) is -0.154. The Morgan fingerprint density at radius 3 is 2.54 bits per heavy atom. The van der Waals surface area contributed by atoms with Crippen LogP contribution in [0.2, 0.25) is 0 Å². The third-order valence-electron chi connectivity index (χ3n) is 3.34. The fourth-order valence-electron chi connectivity index (χ4n) is 2.23. The van der Waals surface area contributed by atoms with Crippen molar-refractivity contribution in [3.05, 3.63) is 30.6 Å². The molecule has 0 amide bonds. The van der Waals surface area contributed by atoms with Crippen LogP contribution in [-0.2, 0) is 11.3 Å². The van der Waals surface area contributed by atoms with E-state index in [0.717, 1.165) is 6.92 Å². The number of rotatable bonds is 4. The zero-order chi connectivity index (χ0) is 19.5. The highest BCUT2D eigenvalue weighted by molar-refractivity contribution is 5.63. The van der Waals surface area contributed by atoms with Gasteiger partial charge in [0.05, 0.1) is 5.60 Å². The largest absolute Gasteiger partial charge is 0.586 e. The van der Waals surface area contributed by atoms with Gasteiger partial charge in [-0.15, -0.1) is 8.78 Å². The quantitative estimate of drug-likeness (QED) is 0.859. The molecule has 0 atom stereocenters. The van der Waals surface area contributed by atoms with Crippen LogP contribution in [0.1, 0.15) is 27.2 Å². The molecule has 9 heteroatoms. The molecule has 0 saturated carbocycles. The molecule has 26 heavy (non-hydrogen) atoms. The van der Waals surface area contributed by atoms with Crippen LogP contribution in [0.15, 0.2) is 30.6 Å². The Bertz CT molecular complexity index is 780. The van der Waals surface area contributed by atoms with Gasteiger partial charge in [0.25, 0.3) is 5.97 Å². The second kappa shape index (κ2) is 7.28. The van der Waals surface area contributed by atoms with Gasteiger partial charge < -0.3 is 24.3 Å². The summed E-state index contributed by atoms with van der Waals surface area (Å²) in [6, 6.07) is 4.55. The average molecular weight is 370 g/mol. The predicted molar refractivity (Wildman–Crippen MR) is 88.1 cm³/mol. The summed E-state index contributed by atoms with van der Waals surface area (Å²) in [7, 11) is 0. The highest BCUT2D eigenvalue weighted by Gasteiger charge is 2.43. The molecule has 1 aromatic heterocycles. The summed E-state index contributed by atoms with van der Waals surface area (Å²) in [5, 5.41) is 17.2. The van der Waals surface area contributed by atoms with E-state index in [2.05, 4.69) is 14.5 Å². The minimum absolute atomic E-state index is 0.00310. The molecule has 142 valence electrons. The Morgan fingerprint density at radius 1 is 1.31 bits per heavy atom. The lowest BCUT2D eigenvalue weighted by Gasteiger charge is -2.18. The normalized spacial score (nSPS) is 14.5. The van der Waals surface area contributed by atoms with E-state index in [0.29, 0.717) is 24.4 Å². The SMILES string of the molecule is CC(=O)O.CC(C)(O)CCn1ccnc1-c1ccc2c(c1)OC(F)(F)O2. The lowest BCUT2D eigenvalue weighted by atomic mass is 10.1. The van der Waals surface area contributed by atoms with Gasteiger partial charge in [-0.25, -0.2) is 4.98 Å². The fraction of sp³-hybridized carbons (Fsp3) is 0.412. The second-order valence-electron chi connectivity index (χ2n) is 6.35. The Hall–Kier alpha value is -2.68. The summed E-state index contributed by atoms with van der Waals surface area (Å²) < 4.78 is 36.8. The maximum absolute atomic E-state index is 13.0. The van der Waals surface area contributed by atoms with Crippen molar-refractivity contribution in [3.63, 3.8) is 0 Å². The molecule has 0 spiro atoms. The maximum Gasteiger partial charge on any atom is 0.586 e. The molecular formula is C17H20F2N2O5. The number of aliphatic hydroxyl groups is 1. The van der Waals surface area contributed by atoms with Crippen molar-refractivity contribution in [2.24, 2.45) is 0 Å². The molecule has 2 N–H and O–H groups in total. The van der Waals surface area contributed by atoms with Crippen LogP contribution in [-0.4, -0.2) is 37.6 Å². The summed E-state index contributed by atoms with van der Waals surface area (Å²) in [6.07, 6.45) is 0.315. The first-order chi connectivity index (χ1) is 12.0. The molecule has 0 radical (unpaired) electrons. The van der Waals surface area contributed by atoms with E-state index >= 15 is 0 Å². The number of carboxylic acid groups (broad SMARTS) is 1. The van der Waals surface area contributed by atoms with E-state index < -0.39 is 17.9 Å². The molecule has 3 rings (SSSR count). The van der Waals surface area contributed by atoms with Crippen molar-refractivity contribution in [3.8, 4) is 22.9 Å². The highest BCUT2D eigenvalue weighted by Crippen LogP contribution is 2.42. The smallest absolute Gasteiger partial charge is 0.481 e. The van der Waals surface area contributed by atoms with Gasteiger partial charge in [-0.2, -0.15) is 0 Å². The van der Waals surface area contributed by atoms with Crippen molar-refractivity contribution in [2.45, 2.75) is 45.6 Å². The third kappa shape index (κ3) is 5.41. The number of aliphatic carboxylic acids is 1. The first kappa shape index (κ1) is 19.6. The number of aryl methyl sites for hydroxylation is 1. The molecule has 1 aromatic carbocycles. The van der Waals surface area contributed by atoms with Crippen LogP contribution in [0.3, 0.4) is 0 Å². The van der Waals surface area contributed by atoms with Gasteiger partial charge in [0, 0.05) is 31.4 Å². The van der Waals surface area contributed by atoms with Gasteiger partial charge in [0.2, 0.25) is 0 Å². The lowest BCUT2D eigenvalue weighted by Crippen LogP contribution is -2.25. The van der Waals surface area contributed by atoms with Crippen LogP contribution in [0.5, 0.6) is 11.5 Å². The van der Waals surface area contributed by atoms with Crippen LogP contribution >= 0.6 is 0 Å². The molecular weight excluding hydrogens is 350 g/mol. The summed E-state index contributed by atoms with van der Waals surface area (Å²) in [4.78, 5) is 13.2. The number of nitrogens with zero attached hydrogens (tertiary/aromatic N) is 2. The van der Waals surface area contributed by atoms with E-state index in [1.165, 1.54) is 12.1 Å². The highest BCUT2D eigenvalue weighted by atomic mass is 19.3. The minimum atomic E-state index is -3.63. The Morgan fingerprint density at radius 2 is 1.92 bits per heavy atom. The first-order valence-corrected chi connectivity index (χ1v) is 7.80. The number of benzene rings is 1. The number of ether oxygens (including phenoxy) is 2. The van der Waals surface area contributed by atoms with E-state index in [-0.39, 0.29) is 11.5 Å². The standard InChI is InChI=1S/C15H16F2N2O3.C2H4O2/c1-14(2,20)5-7-19-8-6-18-13(19)10-3-4-11-12(9-10)22-15(16,17)21-11;1-2(3)4/h3-4,6,8-9,20H,5,7H2,1-2H3;1H3,(H,3,4). The molecule has 1 aliphatic heterocycles. The molecule has 2 aromatic rings. The second-order valence-corrected chi connectivity index (χ2v) is 6.35. The van der Waals surface area contributed by atoms with E-state index in [4.69, 9.17) is 9.90 Å². The molecule has 0 aliphatic carbocycles. The Labute approximate surface area is 148 Å². The number of imidazole rings is 1. The Balaban J connectivity index is 0.000000552. The average Bonchev–Trinajstić information content (AvgIpc) is 3.04. The molecule has 0 bridgehead atoms. The number of alkyl halides is 2. The molecule has 1 aliphatic rings. The number of halogens is 2. The van der Waals surface area contributed by atoms with Crippen molar-refractivity contribution >= 4 is 5.97 Å². The number of carbonyl (C=O) groups is 1. The zero-order valence-electron chi connectivity index (χ0n) is 14.6. The van der Waals surface area contributed by atoms with Crippen molar-refractivity contribution in [1.29, 1.82) is 0 Å². The monoisotopic (exact) mass is 370 g/mol. The van der Waals surface area contributed by atoms with Gasteiger partial charge in [0.15, 0.2) is 11.5 Å². The predicted octanol–water partition coefficient (Wildman–Crippen LogP) is 3.12. The molecule has 2 heterocycles. The molecule has 0 saturated heterocycles. The van der Waals surface area contributed by atoms with E-state index in [1.54, 1.807) is 32.3 Å². The van der Waals surface area contributed by atoms with Gasteiger partial charge in [0.1, 0.15) is 5.82 Å². The van der Waals surface area contributed by atoms with Crippen molar-refractivity contribution < 1.29 is 33.3 Å². The fourth-order valence-corrected chi connectivity index (χ4v) is 2.23. The summed E-state index contributed by atoms with van der Waals surface area (Å²) in [5.74, 6) is -0.228. The van der Waals surface area contributed by atoms with Gasteiger partial charge >= 0.3 is 6.29 Å². The number of fused-ring (bicyclic) bond motifs is 1. The van der Waals surface area contributed by atoms with E-state index in [1.807, 2.05) is 4.57 Å². The molecule has 7 nitrogen and oxygen atoms in total. The number of hydrogen-bond acceptors (Lipinski definition) is 5. The van der Waals surface area contributed by atoms with Gasteiger partial charge in [-0.1, -0.05) is 0 Å². The van der Waals surface area contributed by atoms with Crippen LogP contribution in [0.4, 0.5) is 8.78 Å². The van der Waals surface area contributed by atoms with Crippen molar-refractivity contribution in [1.82, 2.24) is 9.55 Å². The van der Waals surface area contributed by atoms with Crippen LogP contribution < -0.4 is 9.47 Å². The number of aromatic nitrogens is 2. The maximum atomic E-state index is 13.0. The zero-order valence-corrected chi connectivity index (χ0v) is 14.6. The molecule has 0 unspecified atom stereocenters. The van der Waals surface area contributed by atoms with Gasteiger partial charge in [-0.3, -0.25) is 4.79 Å². The van der Waals surface area contributed by atoms with E-state index in [9.17, 15) is 13.9 Å². The third-order valence-corrected chi connectivity index (χ3v) is 3.34. The Kier molecular flexibility index (Phi) is 5.50. The minimum Gasteiger partial charge on any atom is -0.481 e. The summed E-state index contributed by atoms with van der Waals surface area (Å²) in [6.45, 7) is 5.10. The number of hydrogen-bond donors (Lipinski definition) is 2. The number of carboxylic acids is 1. The van der Waals surface area contributed by atoms with Crippen LogP contribution in [0.25, 0.3) is 11.4 Å². The van der Waals surface area contributed by atoms with Gasteiger partial charge in [-0.05, 0) is 38.5 Å². The first-order valence-electron chi connectivity index (χ1n) is 7.80. The molecule has 0 fully saturated rings.